The van der Waals surface area contributed by atoms with E-state index in [0.29, 0.717) is 11.1 Å². The highest BCUT2D eigenvalue weighted by atomic mass is 32.2. The van der Waals surface area contributed by atoms with Gasteiger partial charge in [-0.25, -0.2) is 9.37 Å². The number of rotatable bonds is 6. The number of H-pyrrole nitrogens is 1. The largest absolute Gasteiger partial charge is 0.446 e. The highest BCUT2D eigenvalue weighted by Gasteiger charge is 2.46. The Morgan fingerprint density at radius 1 is 1.15 bits per heavy atom. The van der Waals surface area contributed by atoms with Gasteiger partial charge in [0.2, 0.25) is 0 Å². The third kappa shape index (κ3) is 5.44. The quantitative estimate of drug-likeness (QED) is 0.365. The normalized spacial score (nSPS) is 15.7. The lowest BCUT2D eigenvalue weighted by molar-refractivity contribution is -0.0329. The van der Waals surface area contributed by atoms with Gasteiger partial charge in [-0.15, -0.1) is 0 Å². The Bertz CT molecular complexity index is 1240. The first-order valence-electron chi connectivity index (χ1n) is 10.1. The van der Waals surface area contributed by atoms with E-state index in [-0.39, 0.29) is 16.9 Å². The predicted octanol–water partition coefficient (Wildman–Crippen LogP) is 5.46. The summed E-state index contributed by atoms with van der Waals surface area (Å²) in [5.74, 6) is -1.42. The van der Waals surface area contributed by atoms with Crippen LogP contribution in [0.4, 0.5) is 17.6 Å². The van der Waals surface area contributed by atoms with E-state index in [1.165, 1.54) is 6.07 Å². The molecule has 2 N–H and O–H groups in total. The topological polar surface area (TPSA) is 74.8 Å². The number of benzene rings is 2. The summed E-state index contributed by atoms with van der Waals surface area (Å²) in [5.41, 5.74) is -4.65. The minimum atomic E-state index is -4.61. The number of alkyl halides is 3. The molecule has 2 aromatic carbocycles. The van der Waals surface area contributed by atoms with E-state index in [4.69, 9.17) is 0 Å². The Morgan fingerprint density at radius 2 is 1.85 bits per heavy atom. The second-order valence-corrected chi connectivity index (χ2v) is 9.25. The minimum Gasteiger partial charge on any atom is -0.343 e. The van der Waals surface area contributed by atoms with Gasteiger partial charge in [0.15, 0.2) is 0 Å². The first-order chi connectivity index (χ1) is 15.5. The standard InChI is InChI=1S/C23H19F4N3O2S/c1-22(9-10-22)19(14-7-8-17(15(24)11-14)33-23(25,26)27)30-21(32)16-12-18(31)29-20(28-16)13-5-3-2-4-6-13/h2-8,11-12,19H,9-10H2,1H3,(H,30,32)(H,28,29,31)/t19-/m1/s1. The van der Waals surface area contributed by atoms with Gasteiger partial charge >= 0.3 is 5.51 Å². The number of amides is 1. The first-order valence-corrected chi connectivity index (χ1v) is 10.9. The smallest absolute Gasteiger partial charge is 0.343 e. The van der Waals surface area contributed by atoms with Crippen molar-refractivity contribution in [2.24, 2.45) is 5.41 Å². The molecule has 1 heterocycles. The van der Waals surface area contributed by atoms with Crippen LogP contribution in [0.3, 0.4) is 0 Å². The molecule has 0 aliphatic heterocycles. The van der Waals surface area contributed by atoms with Crippen molar-refractivity contribution in [2.45, 2.75) is 36.2 Å². The van der Waals surface area contributed by atoms with Crippen LogP contribution in [0.5, 0.6) is 0 Å². The summed E-state index contributed by atoms with van der Waals surface area (Å²) in [7, 11) is 0. The van der Waals surface area contributed by atoms with E-state index in [2.05, 4.69) is 15.3 Å². The first kappa shape index (κ1) is 23.0. The molecule has 1 amide bonds. The summed E-state index contributed by atoms with van der Waals surface area (Å²) in [4.78, 5) is 31.4. The predicted molar refractivity (Wildman–Crippen MR) is 116 cm³/mol. The van der Waals surface area contributed by atoms with E-state index in [1.54, 1.807) is 30.3 Å². The molecule has 0 saturated heterocycles. The SMILES string of the molecule is CC1([C@H](NC(=O)c2cc(=O)[nH]c(-c3ccccc3)n2)c2ccc(SC(F)(F)F)c(F)c2)CC1. The second-order valence-electron chi connectivity index (χ2n) is 8.14. The van der Waals surface area contributed by atoms with Gasteiger partial charge in [0.1, 0.15) is 17.3 Å². The summed E-state index contributed by atoms with van der Waals surface area (Å²) in [6.07, 6.45) is 1.49. The molecule has 1 aliphatic rings. The summed E-state index contributed by atoms with van der Waals surface area (Å²) in [6, 6.07) is 12.7. The van der Waals surface area contributed by atoms with Crippen molar-refractivity contribution in [2.75, 3.05) is 0 Å². The van der Waals surface area contributed by atoms with Crippen molar-refractivity contribution in [1.82, 2.24) is 15.3 Å². The lowest BCUT2D eigenvalue weighted by Gasteiger charge is -2.26. The third-order valence-corrected chi connectivity index (χ3v) is 6.33. The number of aromatic nitrogens is 2. The minimum absolute atomic E-state index is 0.114. The van der Waals surface area contributed by atoms with Crippen LogP contribution in [0.15, 0.2) is 64.3 Å². The molecular weight excluding hydrogens is 458 g/mol. The number of carbonyl (C=O) groups excluding carboxylic acids is 1. The highest BCUT2D eigenvalue weighted by Crippen LogP contribution is 2.54. The Labute approximate surface area is 190 Å². The molecule has 1 aromatic heterocycles. The summed E-state index contributed by atoms with van der Waals surface area (Å²) in [5, 5.41) is 2.80. The average molecular weight is 477 g/mol. The third-order valence-electron chi connectivity index (χ3n) is 5.55. The van der Waals surface area contributed by atoms with Crippen LogP contribution in [0.1, 0.15) is 41.9 Å². The van der Waals surface area contributed by atoms with Crippen LogP contribution in [-0.2, 0) is 0 Å². The molecule has 172 valence electrons. The molecule has 1 aliphatic carbocycles. The van der Waals surface area contributed by atoms with E-state index in [0.717, 1.165) is 31.0 Å². The Kier molecular flexibility index (Phi) is 6.04. The Balaban J connectivity index is 1.62. The molecule has 0 radical (unpaired) electrons. The zero-order valence-corrected chi connectivity index (χ0v) is 18.2. The molecule has 4 rings (SSSR count). The summed E-state index contributed by atoms with van der Waals surface area (Å²) in [6.45, 7) is 1.90. The number of aromatic amines is 1. The van der Waals surface area contributed by atoms with Crippen molar-refractivity contribution in [1.29, 1.82) is 0 Å². The highest BCUT2D eigenvalue weighted by molar-refractivity contribution is 8.00. The molecule has 10 heteroatoms. The van der Waals surface area contributed by atoms with Crippen molar-refractivity contribution in [3.8, 4) is 11.4 Å². The van der Waals surface area contributed by atoms with Crippen molar-refractivity contribution in [3.05, 3.63) is 82.0 Å². The molecule has 0 bridgehead atoms. The number of nitrogens with zero attached hydrogens (tertiary/aromatic N) is 1. The number of hydrogen-bond acceptors (Lipinski definition) is 4. The molecular formula is C23H19F4N3O2S. The summed E-state index contributed by atoms with van der Waals surface area (Å²) < 4.78 is 52.3. The fourth-order valence-corrected chi connectivity index (χ4v) is 4.10. The van der Waals surface area contributed by atoms with Crippen LogP contribution < -0.4 is 10.9 Å². The van der Waals surface area contributed by atoms with Gasteiger partial charge in [-0.3, -0.25) is 9.59 Å². The number of carbonyl (C=O) groups is 1. The van der Waals surface area contributed by atoms with Crippen molar-refractivity contribution < 1.29 is 22.4 Å². The lowest BCUT2D eigenvalue weighted by Crippen LogP contribution is -2.34. The Morgan fingerprint density at radius 3 is 2.45 bits per heavy atom. The molecule has 1 saturated carbocycles. The fourth-order valence-electron chi connectivity index (χ4n) is 3.56. The summed E-state index contributed by atoms with van der Waals surface area (Å²) >= 11 is -0.528. The molecule has 1 atom stereocenters. The van der Waals surface area contributed by atoms with E-state index in [9.17, 15) is 27.2 Å². The molecule has 5 nitrogen and oxygen atoms in total. The second kappa shape index (κ2) is 8.66. The van der Waals surface area contributed by atoms with E-state index >= 15 is 0 Å². The monoisotopic (exact) mass is 477 g/mol. The van der Waals surface area contributed by atoms with Crippen LogP contribution in [0, 0.1) is 11.2 Å². The maximum Gasteiger partial charge on any atom is 0.446 e. The van der Waals surface area contributed by atoms with Crippen LogP contribution in [-0.4, -0.2) is 21.4 Å². The number of hydrogen-bond donors (Lipinski definition) is 2. The number of thioether (sulfide) groups is 1. The molecule has 3 aromatic rings. The van der Waals surface area contributed by atoms with E-state index < -0.39 is 45.5 Å². The maximum atomic E-state index is 14.4. The van der Waals surface area contributed by atoms with Gasteiger partial charge in [-0.1, -0.05) is 43.3 Å². The van der Waals surface area contributed by atoms with Gasteiger partial charge in [0.05, 0.1) is 10.9 Å². The molecule has 0 spiro atoms. The van der Waals surface area contributed by atoms with E-state index in [1.807, 2.05) is 6.92 Å². The Hall–Kier alpha value is -3.14. The molecule has 0 unspecified atom stereocenters. The van der Waals surface area contributed by atoms with Crippen LogP contribution >= 0.6 is 11.8 Å². The number of nitrogens with one attached hydrogen (secondary N) is 2. The lowest BCUT2D eigenvalue weighted by atomic mass is 9.91. The fraction of sp³-hybridized carbons (Fsp3) is 0.261. The van der Waals surface area contributed by atoms with Crippen molar-refractivity contribution in [3.63, 3.8) is 0 Å². The average Bonchev–Trinajstić information content (AvgIpc) is 3.51. The van der Waals surface area contributed by atoms with Gasteiger partial charge in [-0.2, -0.15) is 13.2 Å². The maximum absolute atomic E-state index is 14.4. The van der Waals surface area contributed by atoms with Gasteiger partial charge in [0, 0.05) is 11.6 Å². The molecule has 1 fully saturated rings. The van der Waals surface area contributed by atoms with Gasteiger partial charge in [-0.05, 0) is 47.7 Å². The zero-order chi connectivity index (χ0) is 23.8. The number of halogens is 4. The van der Waals surface area contributed by atoms with Gasteiger partial charge in [0.25, 0.3) is 11.5 Å². The molecule has 33 heavy (non-hydrogen) atoms. The van der Waals surface area contributed by atoms with Crippen molar-refractivity contribution >= 4 is 17.7 Å². The van der Waals surface area contributed by atoms with Crippen LogP contribution in [0.25, 0.3) is 11.4 Å². The zero-order valence-electron chi connectivity index (χ0n) is 17.4. The van der Waals surface area contributed by atoms with Crippen LogP contribution in [0.2, 0.25) is 0 Å². The van der Waals surface area contributed by atoms with Gasteiger partial charge < -0.3 is 10.3 Å².